The maximum atomic E-state index is 13.3. The van der Waals surface area contributed by atoms with E-state index in [-0.39, 0.29) is 11.7 Å². The Morgan fingerprint density at radius 1 is 1.06 bits per heavy atom. The van der Waals surface area contributed by atoms with E-state index in [0.717, 1.165) is 22.5 Å². The maximum absolute atomic E-state index is 13.3. The van der Waals surface area contributed by atoms with Gasteiger partial charge in [-0.2, -0.15) is 4.99 Å². The molecule has 0 bridgehead atoms. The Morgan fingerprint density at radius 2 is 1.68 bits per heavy atom. The Labute approximate surface area is 180 Å². The van der Waals surface area contributed by atoms with Gasteiger partial charge in [0.25, 0.3) is 5.91 Å². The molecular formula is C23H25N5O3. The monoisotopic (exact) mass is 419 g/mol. The molecule has 0 spiro atoms. The molecule has 0 radical (unpaired) electrons. The van der Waals surface area contributed by atoms with E-state index in [0.29, 0.717) is 24.2 Å². The van der Waals surface area contributed by atoms with Crippen LogP contribution in [0.1, 0.15) is 38.4 Å². The molecule has 2 amide bonds. The first-order valence-electron chi connectivity index (χ1n) is 9.73. The molecule has 0 saturated carbocycles. The van der Waals surface area contributed by atoms with E-state index in [1.165, 1.54) is 7.11 Å². The van der Waals surface area contributed by atoms with Crippen LogP contribution in [0.4, 0.5) is 4.79 Å². The summed E-state index contributed by atoms with van der Waals surface area (Å²) in [6.07, 6.45) is 2.66. The largest absolute Gasteiger partial charge is 0.451 e. The molecular weight excluding hydrogens is 394 g/mol. The van der Waals surface area contributed by atoms with Gasteiger partial charge in [-0.15, -0.1) is 0 Å². The van der Waals surface area contributed by atoms with Crippen LogP contribution in [0.2, 0.25) is 0 Å². The second-order valence-electron chi connectivity index (χ2n) is 7.17. The number of hydrogen-bond acceptors (Lipinski definition) is 4. The zero-order valence-corrected chi connectivity index (χ0v) is 17.8. The van der Waals surface area contributed by atoms with E-state index >= 15 is 0 Å². The molecule has 2 heterocycles. The van der Waals surface area contributed by atoms with Crippen molar-refractivity contribution in [2.24, 2.45) is 10.7 Å². The number of carbonyl (C=O) groups is 2. The van der Waals surface area contributed by atoms with Crippen LogP contribution in [0.25, 0.3) is 0 Å². The number of aryl methyl sites for hydroxylation is 2. The van der Waals surface area contributed by atoms with Crippen molar-refractivity contribution < 1.29 is 14.3 Å². The van der Waals surface area contributed by atoms with Gasteiger partial charge in [-0.3, -0.25) is 9.78 Å². The molecule has 0 saturated heterocycles. The minimum absolute atomic E-state index is 0.0606. The molecule has 0 atom stereocenters. The molecule has 160 valence electrons. The summed E-state index contributed by atoms with van der Waals surface area (Å²) in [6.45, 7) is 4.66. The summed E-state index contributed by atoms with van der Waals surface area (Å²) < 4.78 is 4.50. The normalized spacial score (nSPS) is 11.3. The van der Waals surface area contributed by atoms with Crippen LogP contribution in [0, 0.1) is 13.8 Å². The van der Waals surface area contributed by atoms with E-state index in [1.807, 2.05) is 44.2 Å². The summed E-state index contributed by atoms with van der Waals surface area (Å²) in [5.41, 5.74) is 10.8. The average Bonchev–Trinajstić information content (AvgIpc) is 3.11. The summed E-state index contributed by atoms with van der Waals surface area (Å²) >= 11 is 0. The first-order chi connectivity index (χ1) is 14.9. The third kappa shape index (κ3) is 5.57. The van der Waals surface area contributed by atoms with Crippen molar-refractivity contribution in [3.8, 4) is 0 Å². The minimum Gasteiger partial charge on any atom is -0.451 e. The first-order valence-corrected chi connectivity index (χ1v) is 9.73. The number of nitrogens with zero attached hydrogens (tertiary/aromatic N) is 3. The predicted molar refractivity (Wildman–Crippen MR) is 118 cm³/mol. The van der Waals surface area contributed by atoms with Crippen molar-refractivity contribution in [1.82, 2.24) is 14.9 Å². The number of pyridine rings is 1. The Hall–Kier alpha value is -3.94. The fourth-order valence-electron chi connectivity index (χ4n) is 3.23. The predicted octanol–water partition coefficient (Wildman–Crippen LogP) is 3.34. The van der Waals surface area contributed by atoms with Crippen LogP contribution in [0.5, 0.6) is 0 Å². The van der Waals surface area contributed by atoms with Gasteiger partial charge >= 0.3 is 6.09 Å². The lowest BCUT2D eigenvalue weighted by molar-refractivity contribution is 0.0729. The number of amidine groups is 1. The molecule has 0 aliphatic rings. The van der Waals surface area contributed by atoms with Crippen LogP contribution in [0.3, 0.4) is 0 Å². The molecule has 8 heteroatoms. The number of methoxy groups -OCH3 is 1. The van der Waals surface area contributed by atoms with Crippen molar-refractivity contribution in [2.75, 3.05) is 7.11 Å². The third-order valence-electron chi connectivity index (χ3n) is 4.80. The van der Waals surface area contributed by atoms with E-state index < -0.39 is 6.09 Å². The average molecular weight is 419 g/mol. The zero-order chi connectivity index (χ0) is 22.4. The molecule has 31 heavy (non-hydrogen) atoms. The highest BCUT2D eigenvalue weighted by Gasteiger charge is 2.20. The minimum atomic E-state index is -0.757. The summed E-state index contributed by atoms with van der Waals surface area (Å²) in [4.78, 5) is 37.3. The van der Waals surface area contributed by atoms with Crippen molar-refractivity contribution in [1.29, 1.82) is 0 Å². The number of nitrogens with one attached hydrogen (secondary N) is 1. The number of aromatic nitrogens is 2. The molecule has 8 nitrogen and oxygen atoms in total. The van der Waals surface area contributed by atoms with E-state index in [9.17, 15) is 9.59 Å². The number of rotatable bonds is 6. The Kier molecular flexibility index (Phi) is 6.81. The second-order valence-corrected chi connectivity index (χ2v) is 7.17. The number of H-pyrrole nitrogens is 1. The van der Waals surface area contributed by atoms with Gasteiger partial charge < -0.3 is 20.4 Å². The number of amides is 2. The molecule has 3 aromatic rings. The molecule has 2 aromatic heterocycles. The molecule has 3 rings (SSSR count). The van der Waals surface area contributed by atoms with Gasteiger partial charge in [0, 0.05) is 42.4 Å². The number of carbonyl (C=O) groups excluding carboxylic acids is 2. The Balaban J connectivity index is 1.84. The van der Waals surface area contributed by atoms with Crippen LogP contribution in [-0.4, -0.2) is 39.8 Å². The Morgan fingerprint density at radius 3 is 2.23 bits per heavy atom. The van der Waals surface area contributed by atoms with Gasteiger partial charge in [-0.25, -0.2) is 4.79 Å². The molecule has 0 aliphatic heterocycles. The second kappa shape index (κ2) is 9.71. The summed E-state index contributed by atoms with van der Waals surface area (Å²) in [5.74, 6) is 0.0102. The van der Waals surface area contributed by atoms with Gasteiger partial charge in [0.05, 0.1) is 12.7 Å². The summed E-state index contributed by atoms with van der Waals surface area (Å²) in [7, 11) is 1.24. The number of aromatic amines is 1. The fourth-order valence-corrected chi connectivity index (χ4v) is 3.23. The lowest BCUT2D eigenvalue weighted by Gasteiger charge is -2.23. The highest BCUT2D eigenvalue weighted by atomic mass is 16.5. The topological polar surface area (TPSA) is 114 Å². The lowest BCUT2D eigenvalue weighted by atomic mass is 10.1. The molecule has 0 aliphatic carbocycles. The van der Waals surface area contributed by atoms with Crippen molar-refractivity contribution in [3.63, 3.8) is 0 Å². The summed E-state index contributed by atoms with van der Waals surface area (Å²) in [6, 6.07) is 12.9. The van der Waals surface area contributed by atoms with E-state index in [2.05, 4.69) is 19.7 Å². The molecule has 3 N–H and O–H groups in total. The standard InChI is InChI=1S/C23H25N5O3/c1-15-12-20(16(2)26-15)22(29)28(14-18-8-10-25-11-9-18)13-17-4-6-19(7-5-17)21(24)27-23(30)31-3/h4-12,26H,13-14H2,1-3H3,(H2,24,27,30). The number of aliphatic imine (C=N–C) groups is 1. The SMILES string of the molecule is COC(=O)N=C(N)c1ccc(CN(Cc2ccncc2)C(=O)c2cc(C)[nH]c2C)cc1. The van der Waals surface area contributed by atoms with E-state index in [1.54, 1.807) is 29.4 Å². The van der Waals surface area contributed by atoms with Gasteiger partial charge in [0.2, 0.25) is 0 Å². The van der Waals surface area contributed by atoms with Crippen molar-refractivity contribution in [3.05, 3.63) is 88.5 Å². The fraction of sp³-hybridized carbons (Fsp3) is 0.217. The van der Waals surface area contributed by atoms with Gasteiger partial charge in [0.1, 0.15) is 5.84 Å². The zero-order valence-electron chi connectivity index (χ0n) is 17.8. The Bertz CT molecular complexity index is 1090. The number of ether oxygens (including phenoxy) is 1. The lowest BCUT2D eigenvalue weighted by Crippen LogP contribution is -2.30. The van der Waals surface area contributed by atoms with E-state index in [4.69, 9.17) is 5.73 Å². The van der Waals surface area contributed by atoms with Crippen LogP contribution < -0.4 is 5.73 Å². The molecule has 0 fully saturated rings. The maximum Gasteiger partial charge on any atom is 0.435 e. The first kappa shape index (κ1) is 21.8. The summed E-state index contributed by atoms with van der Waals surface area (Å²) in [5, 5.41) is 0. The quantitative estimate of drug-likeness (QED) is 0.470. The highest BCUT2D eigenvalue weighted by Crippen LogP contribution is 2.18. The molecule has 0 unspecified atom stereocenters. The third-order valence-corrected chi connectivity index (χ3v) is 4.80. The highest BCUT2D eigenvalue weighted by molar-refractivity contribution is 6.02. The van der Waals surface area contributed by atoms with Crippen LogP contribution >= 0.6 is 0 Å². The van der Waals surface area contributed by atoms with Crippen molar-refractivity contribution >= 4 is 17.8 Å². The van der Waals surface area contributed by atoms with Gasteiger partial charge in [-0.1, -0.05) is 24.3 Å². The van der Waals surface area contributed by atoms with Crippen LogP contribution in [0.15, 0.2) is 59.9 Å². The molecule has 1 aromatic carbocycles. The number of hydrogen-bond donors (Lipinski definition) is 2. The van der Waals surface area contributed by atoms with Gasteiger partial charge in [-0.05, 0) is 43.2 Å². The van der Waals surface area contributed by atoms with Gasteiger partial charge in [0.15, 0.2) is 0 Å². The number of nitrogens with two attached hydrogens (primary N) is 1. The number of benzene rings is 1. The smallest absolute Gasteiger partial charge is 0.435 e. The van der Waals surface area contributed by atoms with Crippen LogP contribution in [-0.2, 0) is 17.8 Å². The van der Waals surface area contributed by atoms with Crippen molar-refractivity contribution in [2.45, 2.75) is 26.9 Å².